The van der Waals surface area contributed by atoms with Crippen LogP contribution < -0.4 is 14.8 Å². The number of ketones is 1. The van der Waals surface area contributed by atoms with Crippen molar-refractivity contribution < 1.29 is 22.7 Å². The minimum absolute atomic E-state index is 0.193. The van der Waals surface area contributed by atoms with Crippen molar-refractivity contribution in [3.8, 4) is 5.75 Å². The number of rotatable bonds is 9. The number of ether oxygens (including phenoxy) is 1. The summed E-state index contributed by atoms with van der Waals surface area (Å²) in [5, 5.41) is 3.07. The lowest BCUT2D eigenvalue weighted by molar-refractivity contribution is -0.116. The summed E-state index contributed by atoms with van der Waals surface area (Å²) < 4.78 is 31.4. The average molecular weight is 487 g/mol. The third-order valence-electron chi connectivity index (χ3n) is 4.80. The number of anilines is 1. The number of methoxy groups -OCH3 is 1. The highest BCUT2D eigenvalue weighted by atomic mass is 35.5. The van der Waals surface area contributed by atoms with Crippen LogP contribution in [0.15, 0.2) is 72.8 Å². The Kier molecular flexibility index (Phi) is 7.86. The van der Waals surface area contributed by atoms with Crippen molar-refractivity contribution >= 4 is 39.0 Å². The molecule has 0 saturated carbocycles. The van der Waals surface area contributed by atoms with Crippen LogP contribution in [0.2, 0.25) is 5.02 Å². The molecule has 1 amide bonds. The van der Waals surface area contributed by atoms with Gasteiger partial charge in [-0.05, 0) is 35.9 Å². The standard InChI is InChI=1S/C24H23ClN2O5S/c1-32-19-11-8-16(9-12-19)22(27-33(2,30)31)15-23(28)26-21-13-10-18(25)14-20(21)24(29)17-6-4-3-5-7-17/h3-14,22,27H,15H2,1-2H3,(H,26,28)/t22-/m1/s1. The Bertz CT molecular complexity index is 1250. The third kappa shape index (κ3) is 6.89. The molecule has 0 heterocycles. The first kappa shape index (κ1) is 24.4. The third-order valence-corrected chi connectivity index (χ3v) is 5.75. The van der Waals surface area contributed by atoms with Gasteiger partial charge in [0.05, 0.1) is 25.1 Å². The summed E-state index contributed by atoms with van der Waals surface area (Å²) in [6, 6.07) is 19.1. The van der Waals surface area contributed by atoms with Gasteiger partial charge in [-0.15, -0.1) is 0 Å². The summed E-state index contributed by atoms with van der Waals surface area (Å²) in [7, 11) is -2.08. The van der Waals surface area contributed by atoms with Crippen molar-refractivity contribution in [1.29, 1.82) is 0 Å². The molecule has 0 spiro atoms. The quantitative estimate of drug-likeness (QED) is 0.441. The van der Waals surface area contributed by atoms with Gasteiger partial charge in [-0.3, -0.25) is 9.59 Å². The van der Waals surface area contributed by atoms with Crippen molar-refractivity contribution in [2.45, 2.75) is 12.5 Å². The summed E-state index contributed by atoms with van der Waals surface area (Å²) in [5.74, 6) is -0.169. The molecule has 0 saturated heterocycles. The molecular formula is C24H23ClN2O5S. The number of nitrogens with one attached hydrogen (secondary N) is 2. The summed E-state index contributed by atoms with van der Waals surface area (Å²) in [5.41, 5.74) is 1.56. The Morgan fingerprint density at radius 2 is 1.67 bits per heavy atom. The van der Waals surface area contributed by atoms with Crippen LogP contribution in [0.3, 0.4) is 0 Å². The molecule has 0 radical (unpaired) electrons. The molecule has 3 rings (SSSR count). The van der Waals surface area contributed by atoms with E-state index in [0.717, 1.165) is 6.26 Å². The van der Waals surface area contributed by atoms with Crippen LogP contribution in [0.1, 0.15) is 33.9 Å². The van der Waals surface area contributed by atoms with Gasteiger partial charge in [0.25, 0.3) is 0 Å². The summed E-state index contributed by atoms with van der Waals surface area (Å²) >= 11 is 6.09. The predicted octanol–water partition coefficient (Wildman–Crippen LogP) is 4.20. The smallest absolute Gasteiger partial charge is 0.226 e. The second-order valence-electron chi connectivity index (χ2n) is 7.35. The van der Waals surface area contributed by atoms with E-state index in [1.807, 2.05) is 0 Å². The Morgan fingerprint density at radius 3 is 2.27 bits per heavy atom. The molecule has 2 N–H and O–H groups in total. The van der Waals surface area contributed by atoms with Crippen molar-refractivity contribution in [3.05, 3.63) is 94.5 Å². The average Bonchev–Trinajstić information content (AvgIpc) is 2.79. The van der Waals surface area contributed by atoms with Crippen molar-refractivity contribution in [1.82, 2.24) is 4.72 Å². The second kappa shape index (κ2) is 10.6. The molecule has 3 aromatic carbocycles. The van der Waals surface area contributed by atoms with E-state index in [9.17, 15) is 18.0 Å². The summed E-state index contributed by atoms with van der Waals surface area (Å²) in [4.78, 5) is 25.9. The molecule has 0 aliphatic rings. The monoisotopic (exact) mass is 486 g/mol. The molecule has 0 aromatic heterocycles. The Balaban J connectivity index is 1.85. The van der Waals surface area contributed by atoms with E-state index < -0.39 is 22.0 Å². The maximum Gasteiger partial charge on any atom is 0.226 e. The maximum absolute atomic E-state index is 13.0. The van der Waals surface area contributed by atoms with Crippen LogP contribution in [-0.2, 0) is 14.8 Å². The molecule has 33 heavy (non-hydrogen) atoms. The lowest BCUT2D eigenvalue weighted by Crippen LogP contribution is -2.31. The largest absolute Gasteiger partial charge is 0.497 e. The number of hydrogen-bond donors (Lipinski definition) is 2. The van der Waals surface area contributed by atoms with E-state index in [0.29, 0.717) is 21.9 Å². The topological polar surface area (TPSA) is 102 Å². The van der Waals surface area contributed by atoms with Crippen molar-refractivity contribution in [3.63, 3.8) is 0 Å². The normalized spacial score (nSPS) is 12.1. The minimum atomic E-state index is -3.60. The first-order chi connectivity index (χ1) is 15.7. The number of halogens is 1. The van der Waals surface area contributed by atoms with Gasteiger partial charge in [-0.2, -0.15) is 0 Å². The van der Waals surface area contributed by atoms with Crippen LogP contribution >= 0.6 is 11.6 Å². The van der Waals surface area contributed by atoms with Gasteiger partial charge in [0.1, 0.15) is 5.75 Å². The van der Waals surface area contributed by atoms with Crippen LogP contribution in [0, 0.1) is 0 Å². The van der Waals surface area contributed by atoms with Gasteiger partial charge >= 0.3 is 0 Å². The summed E-state index contributed by atoms with van der Waals surface area (Å²) in [6.07, 6.45) is 0.832. The lowest BCUT2D eigenvalue weighted by atomic mass is 10.0. The SMILES string of the molecule is COc1ccc([C@@H](CC(=O)Nc2ccc(Cl)cc2C(=O)c2ccccc2)NS(C)(=O)=O)cc1. The van der Waals surface area contributed by atoms with Gasteiger partial charge in [-0.1, -0.05) is 54.1 Å². The van der Waals surface area contributed by atoms with Gasteiger partial charge in [-0.25, -0.2) is 13.1 Å². The number of carbonyl (C=O) groups is 2. The number of hydrogen-bond acceptors (Lipinski definition) is 5. The molecule has 0 fully saturated rings. The fraction of sp³-hybridized carbons (Fsp3) is 0.167. The fourth-order valence-corrected chi connectivity index (χ4v) is 4.18. The highest BCUT2D eigenvalue weighted by molar-refractivity contribution is 7.88. The number of amides is 1. The molecule has 0 aliphatic carbocycles. The van der Waals surface area contributed by atoms with Gasteiger partial charge in [0, 0.05) is 22.6 Å². The molecule has 0 bridgehead atoms. The zero-order valence-electron chi connectivity index (χ0n) is 18.0. The first-order valence-corrected chi connectivity index (χ1v) is 12.2. The van der Waals surface area contributed by atoms with Crippen molar-refractivity contribution in [2.24, 2.45) is 0 Å². The van der Waals surface area contributed by atoms with E-state index in [-0.39, 0.29) is 23.5 Å². The zero-order chi connectivity index (χ0) is 24.0. The maximum atomic E-state index is 13.0. The van der Waals surface area contributed by atoms with E-state index in [2.05, 4.69) is 10.0 Å². The Labute approximate surface area is 197 Å². The van der Waals surface area contributed by atoms with Crippen molar-refractivity contribution in [2.75, 3.05) is 18.7 Å². The number of carbonyl (C=O) groups excluding carboxylic acids is 2. The fourth-order valence-electron chi connectivity index (χ4n) is 3.27. The van der Waals surface area contributed by atoms with Gasteiger partial charge in [0.2, 0.25) is 15.9 Å². The molecule has 3 aromatic rings. The van der Waals surface area contributed by atoms with E-state index >= 15 is 0 Å². The summed E-state index contributed by atoms with van der Waals surface area (Å²) in [6.45, 7) is 0. The van der Waals surface area contributed by atoms with Crippen LogP contribution in [0.5, 0.6) is 5.75 Å². The van der Waals surface area contributed by atoms with Crippen LogP contribution in [0.4, 0.5) is 5.69 Å². The predicted molar refractivity (Wildman–Crippen MR) is 128 cm³/mol. The Morgan fingerprint density at radius 1 is 1.00 bits per heavy atom. The second-order valence-corrected chi connectivity index (χ2v) is 9.57. The zero-order valence-corrected chi connectivity index (χ0v) is 19.6. The highest BCUT2D eigenvalue weighted by Gasteiger charge is 2.22. The van der Waals surface area contributed by atoms with Crippen LogP contribution in [0.25, 0.3) is 0 Å². The van der Waals surface area contributed by atoms with Crippen LogP contribution in [-0.4, -0.2) is 33.5 Å². The number of benzene rings is 3. The first-order valence-electron chi connectivity index (χ1n) is 9.96. The van der Waals surface area contributed by atoms with Gasteiger partial charge < -0.3 is 10.1 Å². The molecule has 1 atom stereocenters. The van der Waals surface area contributed by atoms with E-state index in [1.165, 1.54) is 13.2 Å². The molecule has 0 aliphatic heterocycles. The number of sulfonamides is 1. The van der Waals surface area contributed by atoms with Gasteiger partial charge in [0.15, 0.2) is 5.78 Å². The van der Waals surface area contributed by atoms with E-state index in [1.54, 1.807) is 66.7 Å². The minimum Gasteiger partial charge on any atom is -0.497 e. The van der Waals surface area contributed by atoms with E-state index in [4.69, 9.17) is 16.3 Å². The molecule has 0 unspecified atom stereocenters. The molecule has 7 nitrogen and oxygen atoms in total. The molecular weight excluding hydrogens is 464 g/mol. The highest BCUT2D eigenvalue weighted by Crippen LogP contribution is 2.26. The lowest BCUT2D eigenvalue weighted by Gasteiger charge is -2.19. The Hall–Kier alpha value is -3.20. The molecule has 9 heteroatoms. The molecule has 172 valence electrons.